The summed E-state index contributed by atoms with van der Waals surface area (Å²) in [7, 11) is 1.95. The van der Waals surface area contributed by atoms with E-state index in [1.807, 2.05) is 17.7 Å². The Bertz CT molecular complexity index is 609. The van der Waals surface area contributed by atoms with Crippen LogP contribution in [0, 0.1) is 0 Å². The maximum Gasteiger partial charge on any atom is 0.227 e. The van der Waals surface area contributed by atoms with E-state index in [9.17, 15) is 0 Å². The van der Waals surface area contributed by atoms with Crippen molar-refractivity contribution in [2.24, 2.45) is 7.05 Å². The zero-order chi connectivity index (χ0) is 15.4. The summed E-state index contributed by atoms with van der Waals surface area (Å²) in [5.74, 6) is 2.77. The van der Waals surface area contributed by atoms with Crippen molar-refractivity contribution in [2.45, 2.75) is 12.8 Å². The molecule has 8 nitrogen and oxygen atoms in total. The molecule has 0 spiro atoms. The van der Waals surface area contributed by atoms with E-state index in [0.29, 0.717) is 0 Å². The molecule has 3 heterocycles. The van der Waals surface area contributed by atoms with Crippen LogP contribution in [0.1, 0.15) is 18.7 Å². The van der Waals surface area contributed by atoms with E-state index in [1.54, 1.807) is 12.5 Å². The number of rotatable bonds is 5. The molecule has 0 saturated carbocycles. The summed E-state index contributed by atoms with van der Waals surface area (Å²) in [4.78, 5) is 11.1. The van der Waals surface area contributed by atoms with Gasteiger partial charge in [-0.05, 0) is 6.07 Å². The van der Waals surface area contributed by atoms with Crippen molar-refractivity contribution >= 4 is 11.8 Å². The lowest BCUT2D eigenvalue weighted by molar-refractivity contribution is 0.122. The second kappa shape index (κ2) is 6.69. The van der Waals surface area contributed by atoms with Crippen LogP contribution in [0.4, 0.5) is 11.8 Å². The molecule has 0 bridgehead atoms. The summed E-state index contributed by atoms with van der Waals surface area (Å²) in [6.07, 6.45) is 3.50. The van der Waals surface area contributed by atoms with E-state index >= 15 is 0 Å². The van der Waals surface area contributed by atoms with E-state index in [4.69, 9.17) is 4.74 Å². The summed E-state index contributed by atoms with van der Waals surface area (Å²) in [6, 6.07) is 1.88. The molecule has 1 aliphatic rings. The highest BCUT2D eigenvalue weighted by Gasteiger charge is 2.15. The molecule has 22 heavy (non-hydrogen) atoms. The fraction of sp³-hybridized carbons (Fsp3) is 0.571. The molecule has 1 atom stereocenters. The minimum absolute atomic E-state index is 0.245. The molecule has 3 rings (SSSR count). The van der Waals surface area contributed by atoms with Crippen LogP contribution in [0.25, 0.3) is 0 Å². The summed E-state index contributed by atoms with van der Waals surface area (Å²) in [6.45, 7) is 5.97. The van der Waals surface area contributed by atoms with Crippen LogP contribution < -0.4 is 10.2 Å². The van der Waals surface area contributed by atoms with Crippen LogP contribution in [0.15, 0.2) is 18.6 Å². The average molecular weight is 303 g/mol. The largest absolute Gasteiger partial charge is 0.378 e. The second-order valence-corrected chi connectivity index (χ2v) is 5.42. The Morgan fingerprint density at radius 3 is 2.91 bits per heavy atom. The number of anilines is 2. The summed E-state index contributed by atoms with van der Waals surface area (Å²) in [5, 5.41) is 11.4. The SMILES string of the molecule is CC(CNc1ccnc(N2CCOCC2)n1)c1nncn1C. The summed E-state index contributed by atoms with van der Waals surface area (Å²) >= 11 is 0. The predicted molar refractivity (Wildman–Crippen MR) is 83.0 cm³/mol. The first kappa shape index (κ1) is 14.7. The van der Waals surface area contributed by atoms with Gasteiger partial charge in [0.1, 0.15) is 18.0 Å². The Morgan fingerprint density at radius 1 is 1.36 bits per heavy atom. The standard InChI is InChI=1S/C14H21N7O/c1-11(13-19-17-10-20(13)2)9-16-12-3-4-15-14(18-12)21-5-7-22-8-6-21/h3-4,10-11H,5-9H2,1-2H3,(H,15,16,18). The molecule has 8 heteroatoms. The van der Waals surface area contributed by atoms with Crippen LogP contribution in [0.2, 0.25) is 0 Å². The Hall–Kier alpha value is -2.22. The van der Waals surface area contributed by atoms with E-state index in [0.717, 1.165) is 50.4 Å². The maximum atomic E-state index is 5.35. The fourth-order valence-corrected chi connectivity index (χ4v) is 2.45. The maximum absolute atomic E-state index is 5.35. The first-order valence-corrected chi connectivity index (χ1v) is 7.47. The van der Waals surface area contributed by atoms with Gasteiger partial charge in [0.2, 0.25) is 5.95 Å². The van der Waals surface area contributed by atoms with Crippen LogP contribution >= 0.6 is 0 Å². The molecule has 1 unspecified atom stereocenters. The number of aryl methyl sites for hydroxylation is 1. The third kappa shape index (κ3) is 3.33. The van der Waals surface area contributed by atoms with Crippen LogP contribution in [0.5, 0.6) is 0 Å². The molecule has 0 aliphatic carbocycles. The van der Waals surface area contributed by atoms with Gasteiger partial charge in [-0.25, -0.2) is 4.98 Å². The quantitative estimate of drug-likeness (QED) is 0.869. The predicted octanol–water partition coefficient (Wildman–Crippen LogP) is 0.657. The van der Waals surface area contributed by atoms with Gasteiger partial charge in [0.05, 0.1) is 13.2 Å². The molecule has 2 aromatic heterocycles. The molecule has 118 valence electrons. The van der Waals surface area contributed by atoms with Crippen LogP contribution in [-0.4, -0.2) is 57.6 Å². The van der Waals surface area contributed by atoms with Gasteiger partial charge in [-0.15, -0.1) is 10.2 Å². The Morgan fingerprint density at radius 2 is 2.18 bits per heavy atom. The normalized spacial score (nSPS) is 16.5. The molecule has 1 N–H and O–H groups in total. The van der Waals surface area contributed by atoms with Crippen molar-refractivity contribution in [2.75, 3.05) is 43.1 Å². The van der Waals surface area contributed by atoms with Gasteiger partial charge in [-0.2, -0.15) is 4.98 Å². The lowest BCUT2D eigenvalue weighted by Crippen LogP contribution is -2.37. The first-order valence-electron chi connectivity index (χ1n) is 7.47. The highest BCUT2D eigenvalue weighted by Crippen LogP contribution is 2.15. The monoisotopic (exact) mass is 303 g/mol. The topological polar surface area (TPSA) is 81.0 Å². The summed E-state index contributed by atoms with van der Waals surface area (Å²) < 4.78 is 7.29. The van der Waals surface area contributed by atoms with Crippen molar-refractivity contribution in [3.8, 4) is 0 Å². The highest BCUT2D eigenvalue weighted by atomic mass is 16.5. The third-order valence-electron chi connectivity index (χ3n) is 3.71. The van der Waals surface area contributed by atoms with Gasteiger partial charge in [-0.1, -0.05) is 6.92 Å². The molecule has 2 aromatic rings. The van der Waals surface area contributed by atoms with E-state index in [-0.39, 0.29) is 5.92 Å². The van der Waals surface area contributed by atoms with Gasteiger partial charge in [0.15, 0.2) is 0 Å². The minimum atomic E-state index is 0.245. The number of ether oxygens (including phenoxy) is 1. The lowest BCUT2D eigenvalue weighted by atomic mass is 10.1. The molecule has 0 radical (unpaired) electrons. The molecule has 0 aromatic carbocycles. The van der Waals surface area contributed by atoms with Gasteiger partial charge < -0.3 is 19.5 Å². The van der Waals surface area contributed by atoms with E-state index < -0.39 is 0 Å². The first-order chi connectivity index (χ1) is 10.7. The number of nitrogens with zero attached hydrogens (tertiary/aromatic N) is 6. The van der Waals surface area contributed by atoms with Crippen molar-refractivity contribution in [3.05, 3.63) is 24.4 Å². The molecule has 1 saturated heterocycles. The number of aromatic nitrogens is 5. The van der Waals surface area contributed by atoms with Crippen molar-refractivity contribution in [3.63, 3.8) is 0 Å². The lowest BCUT2D eigenvalue weighted by Gasteiger charge is -2.26. The Labute approximate surface area is 129 Å². The van der Waals surface area contributed by atoms with Gasteiger partial charge in [0, 0.05) is 38.8 Å². The Kier molecular flexibility index (Phi) is 4.47. The average Bonchev–Trinajstić information content (AvgIpc) is 3.00. The smallest absolute Gasteiger partial charge is 0.227 e. The van der Waals surface area contributed by atoms with Gasteiger partial charge >= 0.3 is 0 Å². The van der Waals surface area contributed by atoms with Gasteiger partial charge in [-0.3, -0.25) is 0 Å². The zero-order valence-corrected chi connectivity index (χ0v) is 12.9. The van der Waals surface area contributed by atoms with Gasteiger partial charge in [0.25, 0.3) is 0 Å². The molecule has 1 fully saturated rings. The fourth-order valence-electron chi connectivity index (χ4n) is 2.45. The van der Waals surface area contributed by atoms with Crippen molar-refractivity contribution < 1.29 is 4.74 Å². The Balaban J connectivity index is 1.62. The number of hydrogen-bond donors (Lipinski definition) is 1. The number of hydrogen-bond acceptors (Lipinski definition) is 7. The van der Waals surface area contributed by atoms with Crippen LogP contribution in [0.3, 0.4) is 0 Å². The van der Waals surface area contributed by atoms with E-state index in [2.05, 4.69) is 37.3 Å². The number of morpholine rings is 1. The highest BCUT2D eigenvalue weighted by molar-refractivity contribution is 5.41. The third-order valence-corrected chi connectivity index (χ3v) is 3.71. The summed E-state index contributed by atoms with van der Waals surface area (Å²) in [5.41, 5.74) is 0. The molecule has 1 aliphatic heterocycles. The van der Waals surface area contributed by atoms with Crippen molar-refractivity contribution in [1.82, 2.24) is 24.7 Å². The molecular formula is C14H21N7O. The molecular weight excluding hydrogens is 282 g/mol. The van der Waals surface area contributed by atoms with Crippen molar-refractivity contribution in [1.29, 1.82) is 0 Å². The van der Waals surface area contributed by atoms with Crippen LogP contribution in [-0.2, 0) is 11.8 Å². The second-order valence-electron chi connectivity index (χ2n) is 5.42. The number of nitrogens with one attached hydrogen (secondary N) is 1. The molecule has 0 amide bonds. The minimum Gasteiger partial charge on any atom is -0.378 e. The zero-order valence-electron chi connectivity index (χ0n) is 12.9. The van der Waals surface area contributed by atoms with E-state index in [1.165, 1.54) is 0 Å².